The van der Waals surface area contributed by atoms with Gasteiger partial charge in [-0.1, -0.05) is 12.1 Å². The van der Waals surface area contributed by atoms with Crippen molar-refractivity contribution < 1.29 is 14.3 Å². The first kappa shape index (κ1) is 19.1. The number of hydrogen-bond donors (Lipinski definition) is 2. The second-order valence-corrected chi connectivity index (χ2v) is 7.13. The number of hydrogen-bond acceptors (Lipinski definition) is 6. The molecule has 10 heteroatoms. The van der Waals surface area contributed by atoms with Gasteiger partial charge in [-0.2, -0.15) is 10.2 Å². The van der Waals surface area contributed by atoms with Crippen LogP contribution in [0.3, 0.4) is 0 Å². The summed E-state index contributed by atoms with van der Waals surface area (Å²) in [6.45, 7) is 2.01. The maximum atomic E-state index is 12.4. The van der Waals surface area contributed by atoms with Crippen molar-refractivity contribution in [3.05, 3.63) is 63.7 Å². The molecule has 4 aromatic rings. The number of esters is 1. The van der Waals surface area contributed by atoms with E-state index in [2.05, 4.69) is 25.6 Å². The number of nitrogens with one attached hydrogen (secondary N) is 2. The van der Waals surface area contributed by atoms with Gasteiger partial charge in [0.25, 0.3) is 5.91 Å². The Labute approximate surface area is 178 Å². The lowest BCUT2D eigenvalue weighted by molar-refractivity contribution is 0.0528. The second-order valence-electron chi connectivity index (χ2n) is 5.97. The van der Waals surface area contributed by atoms with Crippen molar-refractivity contribution in [2.45, 2.75) is 6.92 Å². The number of benzene rings is 1. The minimum Gasteiger partial charge on any atom is -0.462 e. The molecule has 0 aliphatic rings. The SMILES string of the molecule is CCOC(=O)c1cnn2c(-c3cccc(NC(=O)c4[nH]ncc4I)c3)ccnc12. The summed E-state index contributed by atoms with van der Waals surface area (Å²) in [4.78, 5) is 28.8. The molecule has 0 aliphatic heterocycles. The van der Waals surface area contributed by atoms with E-state index in [0.29, 0.717) is 22.6 Å². The second kappa shape index (κ2) is 7.99. The largest absolute Gasteiger partial charge is 0.462 e. The molecule has 0 radical (unpaired) electrons. The van der Waals surface area contributed by atoms with Gasteiger partial charge in [-0.15, -0.1) is 0 Å². The molecule has 0 saturated heterocycles. The summed E-state index contributed by atoms with van der Waals surface area (Å²) >= 11 is 2.04. The van der Waals surface area contributed by atoms with Crippen LogP contribution in [0.1, 0.15) is 27.8 Å². The number of anilines is 1. The molecule has 4 rings (SSSR count). The Hall–Kier alpha value is -3.28. The van der Waals surface area contributed by atoms with Gasteiger partial charge >= 0.3 is 5.97 Å². The molecule has 0 spiro atoms. The Bertz CT molecular complexity index is 1220. The summed E-state index contributed by atoms with van der Waals surface area (Å²) in [5.74, 6) is -0.755. The number of nitrogens with zero attached hydrogens (tertiary/aromatic N) is 4. The van der Waals surface area contributed by atoms with Crippen molar-refractivity contribution in [3.8, 4) is 11.3 Å². The molecule has 0 bridgehead atoms. The van der Waals surface area contributed by atoms with Crippen LogP contribution >= 0.6 is 22.6 Å². The Morgan fingerprint density at radius 2 is 2.14 bits per heavy atom. The van der Waals surface area contributed by atoms with Gasteiger partial charge in [0.15, 0.2) is 5.65 Å². The fourth-order valence-electron chi connectivity index (χ4n) is 2.84. The van der Waals surface area contributed by atoms with E-state index in [1.54, 1.807) is 36.0 Å². The van der Waals surface area contributed by atoms with Crippen molar-refractivity contribution in [1.29, 1.82) is 0 Å². The van der Waals surface area contributed by atoms with Gasteiger partial charge in [0.1, 0.15) is 11.3 Å². The lowest BCUT2D eigenvalue weighted by Crippen LogP contribution is -2.13. The first-order valence-corrected chi connectivity index (χ1v) is 9.77. The number of carbonyl (C=O) groups excluding carboxylic acids is 2. The minimum atomic E-state index is -0.470. The summed E-state index contributed by atoms with van der Waals surface area (Å²) in [6.07, 6.45) is 4.63. The third-order valence-electron chi connectivity index (χ3n) is 4.13. The molecule has 0 saturated carbocycles. The van der Waals surface area contributed by atoms with Crippen LogP contribution in [0.2, 0.25) is 0 Å². The molecule has 0 unspecified atom stereocenters. The number of aromatic nitrogens is 5. The molecule has 2 N–H and O–H groups in total. The highest BCUT2D eigenvalue weighted by Gasteiger charge is 2.17. The number of rotatable bonds is 5. The maximum Gasteiger partial charge on any atom is 0.343 e. The van der Waals surface area contributed by atoms with Gasteiger partial charge < -0.3 is 10.1 Å². The summed E-state index contributed by atoms with van der Waals surface area (Å²) in [7, 11) is 0. The van der Waals surface area contributed by atoms with Crippen molar-refractivity contribution in [1.82, 2.24) is 24.8 Å². The highest BCUT2D eigenvalue weighted by Crippen LogP contribution is 2.24. The van der Waals surface area contributed by atoms with Gasteiger partial charge in [0.05, 0.1) is 28.3 Å². The van der Waals surface area contributed by atoms with Gasteiger partial charge in [0, 0.05) is 17.4 Å². The fourth-order valence-corrected chi connectivity index (χ4v) is 3.35. The van der Waals surface area contributed by atoms with E-state index < -0.39 is 5.97 Å². The van der Waals surface area contributed by atoms with Gasteiger partial charge in [-0.25, -0.2) is 14.3 Å². The van der Waals surface area contributed by atoms with Crippen LogP contribution in [0.5, 0.6) is 0 Å². The van der Waals surface area contributed by atoms with Crippen molar-refractivity contribution in [2.24, 2.45) is 0 Å². The predicted molar refractivity (Wildman–Crippen MR) is 114 cm³/mol. The van der Waals surface area contributed by atoms with Crippen LogP contribution in [0.25, 0.3) is 16.9 Å². The standard InChI is InChI=1S/C19H15IN6O3/c1-2-29-19(28)13-9-23-26-15(6-7-21-17(13)26)11-4-3-5-12(8-11)24-18(27)16-14(20)10-22-25-16/h3-10H,2H2,1H3,(H,22,25)(H,24,27). The number of H-pyrrole nitrogens is 1. The molecule has 0 aliphatic carbocycles. The number of amides is 1. The molecule has 0 atom stereocenters. The maximum absolute atomic E-state index is 12.4. The van der Waals surface area contributed by atoms with Crippen LogP contribution in [-0.4, -0.2) is 43.3 Å². The van der Waals surface area contributed by atoms with Crippen LogP contribution in [0.15, 0.2) is 48.9 Å². The summed E-state index contributed by atoms with van der Waals surface area (Å²) in [6, 6.07) is 9.10. The smallest absolute Gasteiger partial charge is 0.343 e. The van der Waals surface area contributed by atoms with Crippen molar-refractivity contribution in [3.63, 3.8) is 0 Å². The summed E-state index contributed by atoms with van der Waals surface area (Å²) < 4.78 is 7.37. The molecular weight excluding hydrogens is 487 g/mol. The average molecular weight is 502 g/mol. The third kappa shape index (κ3) is 3.70. The highest BCUT2D eigenvalue weighted by atomic mass is 127. The minimum absolute atomic E-state index is 0.271. The molecular formula is C19H15IN6O3. The molecule has 29 heavy (non-hydrogen) atoms. The number of ether oxygens (including phenoxy) is 1. The zero-order chi connectivity index (χ0) is 20.4. The fraction of sp³-hybridized carbons (Fsp3) is 0.105. The molecule has 0 fully saturated rings. The third-order valence-corrected chi connectivity index (χ3v) is 4.95. The highest BCUT2D eigenvalue weighted by molar-refractivity contribution is 14.1. The molecule has 3 aromatic heterocycles. The first-order chi connectivity index (χ1) is 14.1. The quantitative estimate of drug-likeness (QED) is 0.320. The monoisotopic (exact) mass is 502 g/mol. The van der Waals surface area contributed by atoms with Crippen LogP contribution in [-0.2, 0) is 4.74 Å². The van der Waals surface area contributed by atoms with E-state index in [4.69, 9.17) is 4.74 Å². The van der Waals surface area contributed by atoms with Crippen LogP contribution in [0, 0.1) is 3.57 Å². The van der Waals surface area contributed by atoms with Gasteiger partial charge in [-0.05, 0) is 47.7 Å². The molecule has 146 valence electrons. The normalized spacial score (nSPS) is 10.8. The molecule has 9 nitrogen and oxygen atoms in total. The number of fused-ring (bicyclic) bond motifs is 1. The molecule has 1 aromatic carbocycles. The van der Waals surface area contributed by atoms with E-state index in [0.717, 1.165) is 14.8 Å². The summed E-state index contributed by atoms with van der Waals surface area (Å²) in [5.41, 5.74) is 3.23. The average Bonchev–Trinajstić information content (AvgIpc) is 3.34. The lowest BCUT2D eigenvalue weighted by Gasteiger charge is -2.09. The zero-order valence-corrected chi connectivity index (χ0v) is 17.4. The van der Waals surface area contributed by atoms with E-state index in [1.807, 2.05) is 40.8 Å². The molecule has 3 heterocycles. The number of carbonyl (C=O) groups is 2. The number of halogens is 1. The van der Waals surface area contributed by atoms with Crippen molar-refractivity contribution in [2.75, 3.05) is 11.9 Å². The van der Waals surface area contributed by atoms with Gasteiger partial charge in [-0.3, -0.25) is 9.89 Å². The van der Waals surface area contributed by atoms with E-state index in [-0.39, 0.29) is 12.5 Å². The Morgan fingerprint density at radius 1 is 1.28 bits per heavy atom. The summed E-state index contributed by atoms with van der Waals surface area (Å²) in [5, 5.41) is 13.7. The van der Waals surface area contributed by atoms with E-state index in [1.165, 1.54) is 6.20 Å². The Morgan fingerprint density at radius 3 is 2.90 bits per heavy atom. The van der Waals surface area contributed by atoms with E-state index >= 15 is 0 Å². The van der Waals surface area contributed by atoms with Crippen molar-refractivity contribution >= 4 is 45.8 Å². The number of aromatic amines is 1. The predicted octanol–water partition coefficient (Wildman–Crippen LogP) is 3.15. The Kier molecular flexibility index (Phi) is 5.25. The van der Waals surface area contributed by atoms with Crippen LogP contribution < -0.4 is 5.32 Å². The lowest BCUT2D eigenvalue weighted by atomic mass is 10.1. The zero-order valence-electron chi connectivity index (χ0n) is 15.2. The van der Waals surface area contributed by atoms with Gasteiger partial charge in [0.2, 0.25) is 0 Å². The van der Waals surface area contributed by atoms with E-state index in [9.17, 15) is 9.59 Å². The first-order valence-electron chi connectivity index (χ1n) is 8.69. The van der Waals surface area contributed by atoms with Crippen LogP contribution in [0.4, 0.5) is 5.69 Å². The topological polar surface area (TPSA) is 114 Å². The molecule has 1 amide bonds. The Balaban J connectivity index is 1.68.